The normalized spacial score (nSPS) is 13.4. The van der Waals surface area contributed by atoms with Crippen LogP contribution in [0.3, 0.4) is 0 Å². The van der Waals surface area contributed by atoms with E-state index in [0.717, 1.165) is 13.0 Å². The van der Waals surface area contributed by atoms with E-state index in [1.165, 1.54) is 9.35 Å². The highest BCUT2D eigenvalue weighted by molar-refractivity contribution is 9.10. The van der Waals surface area contributed by atoms with E-state index in [9.17, 15) is 0 Å². The largest absolute Gasteiger partial charge is 0.330 e. The molecule has 1 rings (SSSR count). The van der Waals surface area contributed by atoms with Gasteiger partial charge in [-0.15, -0.1) is 11.3 Å². The van der Waals surface area contributed by atoms with Gasteiger partial charge < -0.3 is 5.73 Å². The molecule has 62 valence electrons. The van der Waals surface area contributed by atoms with Crippen LogP contribution in [0, 0.1) is 0 Å². The Morgan fingerprint density at radius 1 is 1.73 bits per heavy atom. The predicted octanol–water partition coefficient (Wildman–Crippen LogP) is 2.96. The van der Waals surface area contributed by atoms with Crippen LogP contribution in [0.1, 0.15) is 24.1 Å². The Hall–Kier alpha value is 0.140. The molecule has 0 aromatic carbocycles. The molecule has 0 bridgehead atoms. The summed E-state index contributed by atoms with van der Waals surface area (Å²) < 4.78 is 1.18. The topological polar surface area (TPSA) is 26.0 Å². The van der Waals surface area contributed by atoms with Gasteiger partial charge in [-0.3, -0.25) is 0 Å². The lowest BCUT2D eigenvalue weighted by atomic mass is 10.1. The van der Waals surface area contributed by atoms with Crippen LogP contribution >= 0.6 is 27.3 Å². The van der Waals surface area contributed by atoms with Crippen molar-refractivity contribution in [3.8, 4) is 0 Å². The summed E-state index contributed by atoms with van der Waals surface area (Å²) in [5.41, 5.74) is 5.47. The molecule has 3 heteroatoms. The van der Waals surface area contributed by atoms with Crippen LogP contribution in [-0.2, 0) is 0 Å². The fourth-order valence-electron chi connectivity index (χ4n) is 0.979. The van der Waals surface area contributed by atoms with E-state index >= 15 is 0 Å². The standard InChI is InChI=1S/C8H12BrNS/c1-6(2-3-10)8-4-7(9)5-11-8/h4-6H,2-3,10H2,1H3. The molecular weight excluding hydrogens is 222 g/mol. The van der Waals surface area contributed by atoms with Gasteiger partial charge in [0.2, 0.25) is 0 Å². The molecule has 0 saturated carbocycles. The van der Waals surface area contributed by atoms with Crippen molar-refractivity contribution in [1.82, 2.24) is 0 Å². The van der Waals surface area contributed by atoms with Gasteiger partial charge in [-0.2, -0.15) is 0 Å². The smallest absolute Gasteiger partial charge is 0.0285 e. The highest BCUT2D eigenvalue weighted by Crippen LogP contribution is 2.28. The zero-order valence-corrected chi connectivity index (χ0v) is 8.91. The number of thiophene rings is 1. The summed E-state index contributed by atoms with van der Waals surface area (Å²) in [6, 6.07) is 2.17. The molecule has 1 aromatic rings. The number of rotatable bonds is 3. The minimum Gasteiger partial charge on any atom is -0.330 e. The van der Waals surface area contributed by atoms with E-state index in [2.05, 4.69) is 34.3 Å². The minimum absolute atomic E-state index is 0.608. The molecule has 0 fully saturated rings. The summed E-state index contributed by atoms with van der Waals surface area (Å²) in [4.78, 5) is 1.42. The van der Waals surface area contributed by atoms with Gasteiger partial charge in [0.25, 0.3) is 0 Å². The molecule has 2 N–H and O–H groups in total. The van der Waals surface area contributed by atoms with Gasteiger partial charge in [-0.05, 0) is 40.9 Å². The first-order valence-corrected chi connectivity index (χ1v) is 5.35. The fourth-order valence-corrected chi connectivity index (χ4v) is 2.52. The van der Waals surface area contributed by atoms with Crippen LogP contribution < -0.4 is 5.73 Å². The van der Waals surface area contributed by atoms with Crippen molar-refractivity contribution in [2.75, 3.05) is 6.54 Å². The maximum absolute atomic E-state index is 5.47. The van der Waals surface area contributed by atoms with Crippen molar-refractivity contribution in [2.45, 2.75) is 19.3 Å². The maximum atomic E-state index is 5.47. The molecule has 0 aliphatic rings. The average Bonchev–Trinajstić information content (AvgIpc) is 2.36. The third-order valence-corrected chi connectivity index (χ3v) is 3.60. The van der Waals surface area contributed by atoms with Crippen molar-refractivity contribution in [2.24, 2.45) is 5.73 Å². The molecule has 0 radical (unpaired) electrons. The van der Waals surface area contributed by atoms with E-state index in [0.29, 0.717) is 5.92 Å². The van der Waals surface area contributed by atoms with E-state index in [1.54, 1.807) is 11.3 Å². The van der Waals surface area contributed by atoms with Gasteiger partial charge in [0.15, 0.2) is 0 Å². The second-order valence-electron chi connectivity index (χ2n) is 2.65. The molecule has 0 aliphatic heterocycles. The van der Waals surface area contributed by atoms with Crippen LogP contribution in [0.25, 0.3) is 0 Å². The molecule has 1 aromatic heterocycles. The number of hydrogen-bond acceptors (Lipinski definition) is 2. The number of hydrogen-bond donors (Lipinski definition) is 1. The fraction of sp³-hybridized carbons (Fsp3) is 0.500. The Balaban J connectivity index is 2.60. The van der Waals surface area contributed by atoms with Crippen molar-refractivity contribution in [1.29, 1.82) is 0 Å². The van der Waals surface area contributed by atoms with E-state index < -0.39 is 0 Å². The SMILES string of the molecule is CC(CCN)c1cc(Br)cs1. The summed E-state index contributed by atoms with van der Waals surface area (Å²) in [5, 5.41) is 2.11. The average molecular weight is 234 g/mol. The van der Waals surface area contributed by atoms with Crippen molar-refractivity contribution >= 4 is 27.3 Å². The van der Waals surface area contributed by atoms with E-state index in [-0.39, 0.29) is 0 Å². The van der Waals surface area contributed by atoms with Crippen LogP contribution in [0.15, 0.2) is 15.9 Å². The monoisotopic (exact) mass is 233 g/mol. The first kappa shape index (κ1) is 9.23. The van der Waals surface area contributed by atoms with Gasteiger partial charge in [-0.25, -0.2) is 0 Å². The Morgan fingerprint density at radius 2 is 2.45 bits per heavy atom. The van der Waals surface area contributed by atoms with E-state index in [1.807, 2.05) is 0 Å². The summed E-state index contributed by atoms with van der Waals surface area (Å²) in [6.45, 7) is 2.99. The van der Waals surface area contributed by atoms with Crippen LogP contribution in [0.2, 0.25) is 0 Å². The van der Waals surface area contributed by atoms with Gasteiger partial charge >= 0.3 is 0 Å². The van der Waals surface area contributed by atoms with Crippen LogP contribution in [-0.4, -0.2) is 6.54 Å². The molecule has 0 spiro atoms. The first-order valence-electron chi connectivity index (χ1n) is 3.68. The van der Waals surface area contributed by atoms with E-state index in [4.69, 9.17) is 5.73 Å². The molecule has 0 saturated heterocycles. The highest BCUT2D eigenvalue weighted by Gasteiger charge is 2.05. The van der Waals surface area contributed by atoms with Crippen LogP contribution in [0.4, 0.5) is 0 Å². The quantitative estimate of drug-likeness (QED) is 0.854. The third-order valence-electron chi connectivity index (χ3n) is 1.67. The van der Waals surface area contributed by atoms with Gasteiger partial charge in [-0.1, -0.05) is 6.92 Å². The lowest BCUT2D eigenvalue weighted by molar-refractivity contribution is 0.701. The van der Waals surface area contributed by atoms with Crippen molar-refractivity contribution < 1.29 is 0 Å². The van der Waals surface area contributed by atoms with Crippen molar-refractivity contribution in [3.63, 3.8) is 0 Å². The summed E-state index contributed by atoms with van der Waals surface area (Å²) in [7, 11) is 0. The summed E-state index contributed by atoms with van der Waals surface area (Å²) in [5.74, 6) is 0.608. The molecule has 0 aliphatic carbocycles. The second-order valence-corrected chi connectivity index (χ2v) is 4.50. The minimum atomic E-state index is 0.608. The maximum Gasteiger partial charge on any atom is 0.0285 e. The lowest BCUT2D eigenvalue weighted by Gasteiger charge is -2.05. The zero-order chi connectivity index (χ0) is 8.27. The second kappa shape index (κ2) is 4.24. The molecular formula is C8H12BrNS. The molecule has 1 heterocycles. The molecule has 1 atom stereocenters. The van der Waals surface area contributed by atoms with Gasteiger partial charge in [0, 0.05) is 14.7 Å². The van der Waals surface area contributed by atoms with Gasteiger partial charge in [0.1, 0.15) is 0 Å². The lowest BCUT2D eigenvalue weighted by Crippen LogP contribution is -2.03. The van der Waals surface area contributed by atoms with Gasteiger partial charge in [0.05, 0.1) is 0 Å². The molecule has 1 nitrogen and oxygen atoms in total. The zero-order valence-electron chi connectivity index (χ0n) is 6.51. The molecule has 1 unspecified atom stereocenters. The first-order chi connectivity index (χ1) is 5.24. The number of halogens is 1. The molecule has 11 heavy (non-hydrogen) atoms. The summed E-state index contributed by atoms with van der Waals surface area (Å²) in [6.07, 6.45) is 1.08. The van der Waals surface area contributed by atoms with Crippen LogP contribution in [0.5, 0.6) is 0 Å². The Morgan fingerprint density at radius 3 is 2.91 bits per heavy atom. The Kier molecular flexibility index (Phi) is 3.55. The van der Waals surface area contributed by atoms with Crippen molar-refractivity contribution in [3.05, 3.63) is 20.8 Å². The summed E-state index contributed by atoms with van der Waals surface area (Å²) >= 11 is 5.23. The Bertz CT molecular complexity index is 222. The third kappa shape index (κ3) is 2.58. The Labute approximate surface area is 79.7 Å². The molecule has 0 amide bonds. The highest BCUT2D eigenvalue weighted by atomic mass is 79.9. The predicted molar refractivity (Wildman–Crippen MR) is 54.1 cm³/mol. The number of nitrogens with two attached hydrogens (primary N) is 1.